The summed E-state index contributed by atoms with van der Waals surface area (Å²) >= 11 is 7.54. The Morgan fingerprint density at radius 3 is 2.67 bits per heavy atom. The molecule has 0 aliphatic carbocycles. The molecule has 1 aliphatic heterocycles. The topological polar surface area (TPSA) is 167 Å². The molecule has 0 bridgehead atoms. The van der Waals surface area contributed by atoms with Crippen molar-refractivity contribution in [3.63, 3.8) is 0 Å². The second-order valence-electron chi connectivity index (χ2n) is 9.04. The minimum atomic E-state index is -4.18. The van der Waals surface area contributed by atoms with Crippen LogP contribution in [0.3, 0.4) is 0 Å². The van der Waals surface area contributed by atoms with Gasteiger partial charge >= 0.3 is 10.3 Å². The summed E-state index contributed by atoms with van der Waals surface area (Å²) in [6.07, 6.45) is 1.43. The van der Waals surface area contributed by atoms with E-state index in [4.69, 9.17) is 16.7 Å². The van der Waals surface area contributed by atoms with E-state index in [9.17, 15) is 18.3 Å². The fraction of sp³-hybridized carbons (Fsp3) is 0.417. The zero-order valence-corrected chi connectivity index (χ0v) is 24.5. The summed E-state index contributed by atoms with van der Waals surface area (Å²) in [7, 11) is -4.18. The minimum Gasteiger partial charge on any atom is -0.395 e. The maximum absolute atomic E-state index is 13.6. The summed E-state index contributed by atoms with van der Waals surface area (Å²) in [5, 5.41) is 18.1. The number of piperazine rings is 1. The molecule has 0 saturated carbocycles. The van der Waals surface area contributed by atoms with Gasteiger partial charge < -0.3 is 20.2 Å². The van der Waals surface area contributed by atoms with E-state index >= 15 is 0 Å². The molecule has 1 amide bonds. The molecule has 0 radical (unpaired) electrons. The number of hydrogen-bond donors (Lipinski definition) is 3. The molecule has 0 spiro atoms. The zero-order chi connectivity index (χ0) is 28.9. The number of nitrogens with two attached hydrogens (primary N) is 1. The summed E-state index contributed by atoms with van der Waals surface area (Å²) in [5.41, 5.74) is 1.16. The molecule has 1 aromatic carbocycles. The molecule has 4 N–H and O–H groups in total. The molecule has 3 aromatic rings. The highest BCUT2D eigenvalue weighted by Gasteiger charge is 2.25. The average Bonchev–Trinajstić information content (AvgIpc) is 3.35. The number of carbonyl (C=O) groups is 1. The number of amides is 1. The number of aliphatic hydroxyl groups excluding tert-OH is 1. The lowest BCUT2D eigenvalue weighted by atomic mass is 10.1. The number of halogens is 1. The Balaban J connectivity index is 1.51. The van der Waals surface area contributed by atoms with Crippen LogP contribution in [0.2, 0.25) is 5.02 Å². The van der Waals surface area contributed by atoms with Crippen LogP contribution in [0.15, 0.2) is 30.5 Å². The number of para-hydroxylation sites is 1. The molecule has 16 heteroatoms. The van der Waals surface area contributed by atoms with Crippen LogP contribution in [-0.4, -0.2) is 91.8 Å². The first kappa shape index (κ1) is 30.0. The van der Waals surface area contributed by atoms with Crippen LogP contribution in [0.5, 0.6) is 0 Å². The first-order valence-electron chi connectivity index (χ1n) is 12.4. The Kier molecular flexibility index (Phi) is 9.89. The fourth-order valence-electron chi connectivity index (χ4n) is 4.32. The van der Waals surface area contributed by atoms with Gasteiger partial charge in [-0.25, -0.2) is 20.1 Å². The predicted octanol–water partition coefficient (Wildman–Crippen LogP) is 1.93. The summed E-state index contributed by atoms with van der Waals surface area (Å²) in [5.74, 6) is 1.47. The van der Waals surface area contributed by atoms with Gasteiger partial charge in [-0.15, -0.1) is 0 Å². The number of anilines is 4. The Hall–Kier alpha value is -2.92. The van der Waals surface area contributed by atoms with E-state index in [0.717, 1.165) is 48.9 Å². The van der Waals surface area contributed by atoms with Gasteiger partial charge in [0.1, 0.15) is 22.3 Å². The zero-order valence-electron chi connectivity index (χ0n) is 22.1. The molecule has 0 unspecified atom stereocenters. The van der Waals surface area contributed by atoms with E-state index < -0.39 is 16.2 Å². The lowest BCUT2D eigenvalue weighted by molar-refractivity contribution is 0.0986. The fourth-order valence-corrected chi connectivity index (χ4v) is 5.72. The van der Waals surface area contributed by atoms with Gasteiger partial charge in [-0.2, -0.15) is 8.42 Å². The van der Waals surface area contributed by atoms with Crippen LogP contribution in [0.1, 0.15) is 21.1 Å². The van der Waals surface area contributed by atoms with Gasteiger partial charge in [0, 0.05) is 38.8 Å². The molecule has 216 valence electrons. The number of aryl methyl sites for hydroxylation is 2. The Morgan fingerprint density at radius 2 is 2.00 bits per heavy atom. The maximum atomic E-state index is 13.6. The minimum absolute atomic E-state index is 0.111. The van der Waals surface area contributed by atoms with E-state index in [2.05, 4.69) is 34.3 Å². The Bertz CT molecular complexity index is 1430. The average molecular weight is 611 g/mol. The second kappa shape index (κ2) is 13.2. The number of thiazole rings is 1. The van der Waals surface area contributed by atoms with Gasteiger partial charge in [0.2, 0.25) is 0 Å². The van der Waals surface area contributed by atoms with Crippen molar-refractivity contribution in [2.45, 2.75) is 13.8 Å². The molecule has 4 rings (SSSR count). The lowest BCUT2D eigenvalue weighted by Gasteiger charge is -2.35. The number of aliphatic hydroxyl groups is 1. The molecule has 0 atom stereocenters. The number of β-amino-alcohol motifs (C(OH)–C–C–N with tert-alkyl or cyclic N) is 1. The smallest absolute Gasteiger partial charge is 0.333 e. The third-order valence-corrected chi connectivity index (χ3v) is 7.86. The normalized spacial score (nSPS) is 14.4. The summed E-state index contributed by atoms with van der Waals surface area (Å²) in [6.45, 7) is 7.14. The van der Waals surface area contributed by atoms with Crippen LogP contribution in [0.25, 0.3) is 0 Å². The molecule has 1 aliphatic rings. The van der Waals surface area contributed by atoms with Crippen molar-refractivity contribution in [1.29, 1.82) is 0 Å². The highest BCUT2D eigenvalue weighted by molar-refractivity contribution is 7.84. The van der Waals surface area contributed by atoms with E-state index in [0.29, 0.717) is 38.9 Å². The highest BCUT2D eigenvalue weighted by atomic mass is 35.5. The first-order chi connectivity index (χ1) is 19.0. The van der Waals surface area contributed by atoms with Gasteiger partial charge in [-0.3, -0.25) is 13.9 Å². The van der Waals surface area contributed by atoms with Crippen LogP contribution >= 0.6 is 22.9 Å². The summed E-state index contributed by atoms with van der Waals surface area (Å²) in [4.78, 5) is 33.0. The standard InChI is InChI=1S/C24H31ClN8O5S2/c1-16-4-3-5-18(25)22(16)33(11-13-38-40(26,36)37)23(35)19-15-27-24(39-19)30-20-14-21(29-17(2)28-20)32-8-6-31(7-9-32)10-12-34/h3-5,14-15,34H,6-13H2,1-2H3,(H2,26,36,37)(H,27,28,29,30). The van der Waals surface area contributed by atoms with Gasteiger partial charge in [-0.1, -0.05) is 35.1 Å². The molecule has 13 nitrogen and oxygen atoms in total. The summed E-state index contributed by atoms with van der Waals surface area (Å²) in [6, 6.07) is 7.03. The molecule has 40 heavy (non-hydrogen) atoms. The number of aromatic nitrogens is 3. The molecule has 1 fully saturated rings. The van der Waals surface area contributed by atoms with Crippen LogP contribution in [0.4, 0.5) is 22.5 Å². The number of nitrogens with one attached hydrogen (secondary N) is 1. The van der Waals surface area contributed by atoms with Gasteiger partial charge in [0.15, 0.2) is 5.13 Å². The first-order valence-corrected chi connectivity index (χ1v) is 15.1. The van der Waals surface area contributed by atoms with Crippen molar-refractivity contribution in [3.8, 4) is 0 Å². The van der Waals surface area contributed by atoms with E-state index in [1.165, 1.54) is 11.1 Å². The molecule has 2 aromatic heterocycles. The van der Waals surface area contributed by atoms with E-state index in [1.807, 2.05) is 6.07 Å². The maximum Gasteiger partial charge on any atom is 0.333 e. The number of nitrogens with zero attached hydrogens (tertiary/aromatic N) is 6. The van der Waals surface area contributed by atoms with Gasteiger partial charge in [-0.05, 0) is 25.5 Å². The predicted molar refractivity (Wildman–Crippen MR) is 155 cm³/mol. The monoisotopic (exact) mass is 610 g/mol. The van der Waals surface area contributed by atoms with Gasteiger partial charge in [0.05, 0.1) is 36.7 Å². The van der Waals surface area contributed by atoms with Crippen LogP contribution < -0.4 is 20.3 Å². The largest absolute Gasteiger partial charge is 0.395 e. The van der Waals surface area contributed by atoms with Crippen molar-refractivity contribution in [2.24, 2.45) is 5.14 Å². The van der Waals surface area contributed by atoms with Crippen molar-refractivity contribution in [2.75, 3.05) is 67.6 Å². The van der Waals surface area contributed by atoms with Crippen molar-refractivity contribution in [3.05, 3.63) is 51.7 Å². The Morgan fingerprint density at radius 1 is 1.25 bits per heavy atom. The molecule has 1 saturated heterocycles. The third kappa shape index (κ3) is 7.84. The van der Waals surface area contributed by atoms with E-state index in [1.54, 1.807) is 32.0 Å². The van der Waals surface area contributed by atoms with Crippen molar-refractivity contribution >= 4 is 61.6 Å². The quantitative estimate of drug-likeness (QED) is 0.290. The van der Waals surface area contributed by atoms with E-state index in [-0.39, 0.29) is 19.8 Å². The van der Waals surface area contributed by atoms with Crippen LogP contribution in [0, 0.1) is 13.8 Å². The van der Waals surface area contributed by atoms with Gasteiger partial charge in [0.25, 0.3) is 5.91 Å². The molecular weight excluding hydrogens is 580 g/mol. The molecular formula is C24H31ClN8O5S2. The highest BCUT2D eigenvalue weighted by Crippen LogP contribution is 2.32. The number of hydrogen-bond acceptors (Lipinski definition) is 12. The number of benzene rings is 1. The Labute approximate surface area is 241 Å². The SMILES string of the molecule is Cc1nc(Nc2ncc(C(=O)N(CCOS(N)(=O)=O)c3c(C)cccc3Cl)s2)cc(N2CCN(CCO)CC2)n1. The number of rotatable bonds is 11. The molecule has 3 heterocycles. The van der Waals surface area contributed by atoms with Crippen molar-refractivity contribution < 1.29 is 22.5 Å². The second-order valence-corrected chi connectivity index (χ2v) is 11.7. The lowest BCUT2D eigenvalue weighted by Crippen LogP contribution is -2.47. The van der Waals surface area contributed by atoms with Crippen LogP contribution in [-0.2, 0) is 14.5 Å². The van der Waals surface area contributed by atoms with Crippen molar-refractivity contribution in [1.82, 2.24) is 19.9 Å². The third-order valence-electron chi connectivity index (χ3n) is 6.15. The number of carbonyl (C=O) groups excluding carboxylic acids is 1. The summed E-state index contributed by atoms with van der Waals surface area (Å²) < 4.78 is 27.2.